The predicted octanol–water partition coefficient (Wildman–Crippen LogP) is 1.57. The molecular formula is C14H23N3O. The molecule has 0 spiro atoms. The van der Waals surface area contributed by atoms with Gasteiger partial charge in [-0.1, -0.05) is 24.3 Å². The Labute approximate surface area is 109 Å². The number of benzene rings is 1. The number of aliphatic hydroxyl groups is 1. The van der Waals surface area contributed by atoms with Gasteiger partial charge in [-0.3, -0.25) is 5.41 Å². The number of nitrogen functional groups attached to an aromatic ring is 1. The van der Waals surface area contributed by atoms with Crippen LogP contribution in [0, 0.1) is 5.41 Å². The van der Waals surface area contributed by atoms with Crippen LogP contribution < -0.4 is 5.73 Å². The molecule has 0 aliphatic rings. The van der Waals surface area contributed by atoms with E-state index in [0.29, 0.717) is 0 Å². The quantitative estimate of drug-likeness (QED) is 0.372. The molecule has 0 bridgehead atoms. The van der Waals surface area contributed by atoms with Gasteiger partial charge >= 0.3 is 0 Å². The van der Waals surface area contributed by atoms with Gasteiger partial charge in [0.15, 0.2) is 0 Å². The molecule has 0 amide bonds. The Balaban J connectivity index is 2.48. The van der Waals surface area contributed by atoms with Crippen molar-refractivity contribution in [2.75, 3.05) is 20.2 Å². The van der Waals surface area contributed by atoms with E-state index in [0.717, 1.165) is 43.5 Å². The van der Waals surface area contributed by atoms with Gasteiger partial charge < -0.3 is 15.7 Å². The third-order valence-electron chi connectivity index (χ3n) is 2.95. The number of nitrogens with zero attached hydrogens (tertiary/aromatic N) is 1. The van der Waals surface area contributed by atoms with Crippen LogP contribution in [0.4, 0.5) is 0 Å². The molecule has 100 valence electrons. The lowest BCUT2D eigenvalue weighted by Crippen LogP contribution is -2.22. The third kappa shape index (κ3) is 4.85. The second-order valence-corrected chi connectivity index (χ2v) is 4.59. The number of nitrogens with two attached hydrogens (primary N) is 1. The van der Waals surface area contributed by atoms with Crippen LogP contribution in [0.15, 0.2) is 24.3 Å². The highest BCUT2D eigenvalue weighted by atomic mass is 16.2. The first-order valence-electron chi connectivity index (χ1n) is 6.37. The maximum absolute atomic E-state index is 8.71. The maximum Gasteiger partial charge on any atom is 0.123 e. The lowest BCUT2D eigenvalue weighted by atomic mass is 10.1. The molecule has 0 saturated carbocycles. The van der Waals surface area contributed by atoms with Gasteiger partial charge in [0.1, 0.15) is 5.84 Å². The SMILES string of the molecule is CN(CCCCCO)Cc1ccccc1C(=N)N. The second kappa shape index (κ2) is 7.84. The monoisotopic (exact) mass is 249 g/mol. The molecule has 0 aromatic heterocycles. The zero-order valence-electron chi connectivity index (χ0n) is 11.0. The first-order chi connectivity index (χ1) is 8.65. The van der Waals surface area contributed by atoms with Crippen LogP contribution in [0.5, 0.6) is 0 Å². The highest BCUT2D eigenvalue weighted by Crippen LogP contribution is 2.11. The van der Waals surface area contributed by atoms with Crippen molar-refractivity contribution in [2.24, 2.45) is 5.73 Å². The van der Waals surface area contributed by atoms with Crippen LogP contribution >= 0.6 is 0 Å². The molecular weight excluding hydrogens is 226 g/mol. The molecule has 1 aromatic carbocycles. The molecule has 0 unspecified atom stereocenters. The van der Waals surface area contributed by atoms with E-state index in [1.165, 1.54) is 0 Å². The fraction of sp³-hybridized carbons (Fsp3) is 0.500. The number of hydrogen-bond acceptors (Lipinski definition) is 3. The molecule has 0 fully saturated rings. The van der Waals surface area contributed by atoms with Crippen LogP contribution in [-0.2, 0) is 6.54 Å². The van der Waals surface area contributed by atoms with Crippen molar-refractivity contribution < 1.29 is 5.11 Å². The predicted molar refractivity (Wildman–Crippen MR) is 74.7 cm³/mol. The van der Waals surface area contributed by atoms with Crippen LogP contribution in [0.1, 0.15) is 30.4 Å². The molecule has 1 rings (SSSR count). The molecule has 0 radical (unpaired) electrons. The fourth-order valence-electron chi connectivity index (χ4n) is 1.96. The standard InChI is InChI=1S/C14H23N3O/c1-17(9-5-2-6-10-18)11-12-7-3-4-8-13(12)14(15)16/h3-4,7-8,18H,2,5-6,9-11H2,1H3,(H3,15,16). The summed E-state index contributed by atoms with van der Waals surface area (Å²) in [7, 11) is 2.07. The summed E-state index contributed by atoms with van der Waals surface area (Å²) in [5.74, 6) is 0.124. The summed E-state index contributed by atoms with van der Waals surface area (Å²) in [5, 5.41) is 16.3. The minimum absolute atomic E-state index is 0.124. The zero-order valence-corrected chi connectivity index (χ0v) is 11.0. The average Bonchev–Trinajstić information content (AvgIpc) is 2.35. The minimum atomic E-state index is 0.124. The minimum Gasteiger partial charge on any atom is -0.396 e. The molecule has 0 aliphatic heterocycles. The summed E-state index contributed by atoms with van der Waals surface area (Å²) >= 11 is 0. The first kappa shape index (κ1) is 14.7. The molecule has 4 N–H and O–H groups in total. The second-order valence-electron chi connectivity index (χ2n) is 4.59. The highest BCUT2D eigenvalue weighted by Gasteiger charge is 2.06. The number of aliphatic hydroxyl groups excluding tert-OH is 1. The average molecular weight is 249 g/mol. The summed E-state index contributed by atoms with van der Waals surface area (Å²) in [4.78, 5) is 2.22. The lowest BCUT2D eigenvalue weighted by molar-refractivity contribution is 0.271. The summed E-state index contributed by atoms with van der Waals surface area (Å²) in [6.07, 6.45) is 3.01. The molecule has 0 saturated heterocycles. The van der Waals surface area contributed by atoms with E-state index in [2.05, 4.69) is 11.9 Å². The smallest absolute Gasteiger partial charge is 0.123 e. The van der Waals surface area contributed by atoms with Gasteiger partial charge in [-0.15, -0.1) is 0 Å². The fourth-order valence-corrected chi connectivity index (χ4v) is 1.96. The van der Waals surface area contributed by atoms with Crippen molar-refractivity contribution in [3.63, 3.8) is 0 Å². The number of rotatable bonds is 8. The van der Waals surface area contributed by atoms with Crippen molar-refractivity contribution in [2.45, 2.75) is 25.8 Å². The van der Waals surface area contributed by atoms with Gasteiger partial charge in [-0.05, 0) is 38.4 Å². The van der Waals surface area contributed by atoms with E-state index >= 15 is 0 Å². The van der Waals surface area contributed by atoms with Crippen molar-refractivity contribution in [1.82, 2.24) is 4.90 Å². The van der Waals surface area contributed by atoms with Crippen LogP contribution in [-0.4, -0.2) is 36.0 Å². The van der Waals surface area contributed by atoms with Crippen molar-refractivity contribution in [3.05, 3.63) is 35.4 Å². The van der Waals surface area contributed by atoms with E-state index < -0.39 is 0 Å². The summed E-state index contributed by atoms with van der Waals surface area (Å²) in [5.41, 5.74) is 7.48. The molecule has 0 aliphatic carbocycles. The summed E-state index contributed by atoms with van der Waals surface area (Å²) in [6.45, 7) is 2.07. The van der Waals surface area contributed by atoms with Crippen molar-refractivity contribution in [3.8, 4) is 0 Å². The highest BCUT2D eigenvalue weighted by molar-refractivity contribution is 5.96. The van der Waals surface area contributed by atoms with Crippen molar-refractivity contribution in [1.29, 1.82) is 5.41 Å². The van der Waals surface area contributed by atoms with Crippen LogP contribution in [0.3, 0.4) is 0 Å². The number of nitrogens with one attached hydrogen (secondary N) is 1. The number of unbranched alkanes of at least 4 members (excludes halogenated alkanes) is 2. The van der Waals surface area contributed by atoms with Gasteiger partial charge in [-0.25, -0.2) is 0 Å². The summed E-state index contributed by atoms with van der Waals surface area (Å²) in [6, 6.07) is 7.78. The van der Waals surface area contributed by atoms with Gasteiger partial charge in [0, 0.05) is 18.7 Å². The van der Waals surface area contributed by atoms with E-state index in [9.17, 15) is 0 Å². The largest absolute Gasteiger partial charge is 0.396 e. The van der Waals surface area contributed by atoms with E-state index in [1.54, 1.807) is 0 Å². The zero-order chi connectivity index (χ0) is 13.4. The Morgan fingerprint density at radius 1 is 1.28 bits per heavy atom. The molecule has 4 heteroatoms. The third-order valence-corrected chi connectivity index (χ3v) is 2.95. The summed E-state index contributed by atoms with van der Waals surface area (Å²) < 4.78 is 0. The topological polar surface area (TPSA) is 73.3 Å². The van der Waals surface area contributed by atoms with Gasteiger partial charge in [0.05, 0.1) is 0 Å². The van der Waals surface area contributed by atoms with E-state index in [4.69, 9.17) is 16.2 Å². The van der Waals surface area contributed by atoms with E-state index in [-0.39, 0.29) is 12.4 Å². The molecule has 0 heterocycles. The number of amidine groups is 1. The van der Waals surface area contributed by atoms with Crippen LogP contribution in [0.2, 0.25) is 0 Å². The van der Waals surface area contributed by atoms with Gasteiger partial charge in [0.2, 0.25) is 0 Å². The Morgan fingerprint density at radius 2 is 2.00 bits per heavy atom. The Morgan fingerprint density at radius 3 is 2.67 bits per heavy atom. The normalized spacial score (nSPS) is 10.8. The molecule has 1 aromatic rings. The molecule has 18 heavy (non-hydrogen) atoms. The van der Waals surface area contributed by atoms with Crippen molar-refractivity contribution >= 4 is 5.84 Å². The van der Waals surface area contributed by atoms with Crippen LogP contribution in [0.25, 0.3) is 0 Å². The maximum atomic E-state index is 8.71. The number of hydrogen-bond donors (Lipinski definition) is 3. The van der Waals surface area contributed by atoms with E-state index in [1.807, 2.05) is 24.3 Å². The Bertz CT molecular complexity index is 379. The Kier molecular flexibility index (Phi) is 6.39. The lowest BCUT2D eigenvalue weighted by Gasteiger charge is -2.18. The van der Waals surface area contributed by atoms with Gasteiger partial charge in [0.25, 0.3) is 0 Å². The molecule has 4 nitrogen and oxygen atoms in total. The Hall–Kier alpha value is -1.39. The first-order valence-corrected chi connectivity index (χ1v) is 6.37. The van der Waals surface area contributed by atoms with Gasteiger partial charge in [-0.2, -0.15) is 0 Å². The molecule has 0 atom stereocenters.